The zero-order valence-electron chi connectivity index (χ0n) is 14.1. The van der Waals surface area contributed by atoms with Crippen LogP contribution in [0.5, 0.6) is 11.5 Å². The summed E-state index contributed by atoms with van der Waals surface area (Å²) in [6, 6.07) is 3.66. The van der Waals surface area contributed by atoms with Crippen LogP contribution in [-0.4, -0.2) is 57.2 Å². The van der Waals surface area contributed by atoms with E-state index >= 15 is 0 Å². The standard InChI is InChI=1S/C20H23NO4/c22-13-4-3-12-9-15-20(24)6-5-14(23)18-19(20,16(12)17(13)25-18)7-8-21(15)10-11-1-2-11/h3-6,11,14-15,18,22-24H,1-2,7-10H2/t14-,15?,18-,19?,20+/m0/s1. The van der Waals surface area contributed by atoms with Crippen LogP contribution in [0.15, 0.2) is 24.3 Å². The average Bonchev–Trinajstić information content (AvgIpc) is 3.32. The Morgan fingerprint density at radius 2 is 2.12 bits per heavy atom. The summed E-state index contributed by atoms with van der Waals surface area (Å²) in [6.07, 6.45) is 6.29. The molecule has 5 heteroatoms. The van der Waals surface area contributed by atoms with E-state index in [0.29, 0.717) is 5.75 Å². The number of piperidine rings is 1. The highest BCUT2D eigenvalue weighted by atomic mass is 16.5. The molecule has 1 aromatic rings. The van der Waals surface area contributed by atoms with Gasteiger partial charge < -0.3 is 20.1 Å². The van der Waals surface area contributed by atoms with Gasteiger partial charge in [-0.3, -0.25) is 4.90 Å². The Hall–Kier alpha value is -1.56. The second-order valence-corrected chi connectivity index (χ2v) is 8.54. The molecule has 2 bridgehead atoms. The Balaban J connectivity index is 1.59. The number of phenols is 1. The second-order valence-electron chi connectivity index (χ2n) is 8.54. The topological polar surface area (TPSA) is 73.2 Å². The summed E-state index contributed by atoms with van der Waals surface area (Å²) in [7, 11) is 0. The van der Waals surface area contributed by atoms with Gasteiger partial charge in [-0.2, -0.15) is 0 Å². The van der Waals surface area contributed by atoms with Crippen LogP contribution in [-0.2, 0) is 11.8 Å². The molecule has 1 saturated heterocycles. The fourth-order valence-corrected chi connectivity index (χ4v) is 6.02. The number of benzene rings is 1. The Morgan fingerprint density at radius 3 is 2.92 bits per heavy atom. The molecule has 2 heterocycles. The number of likely N-dealkylation sites (tertiary alicyclic amines) is 1. The fraction of sp³-hybridized carbons (Fsp3) is 0.600. The van der Waals surface area contributed by atoms with E-state index in [1.165, 1.54) is 12.8 Å². The Kier molecular flexibility index (Phi) is 2.57. The van der Waals surface area contributed by atoms with E-state index in [0.717, 1.165) is 43.0 Å². The number of nitrogens with zero attached hydrogens (tertiary/aromatic N) is 1. The molecule has 1 spiro atoms. The van der Waals surface area contributed by atoms with E-state index in [4.69, 9.17) is 4.74 Å². The molecule has 2 aliphatic heterocycles. The first kappa shape index (κ1) is 14.6. The monoisotopic (exact) mass is 341 g/mol. The van der Waals surface area contributed by atoms with Gasteiger partial charge in [-0.15, -0.1) is 0 Å². The zero-order valence-corrected chi connectivity index (χ0v) is 14.1. The van der Waals surface area contributed by atoms with E-state index < -0.39 is 23.2 Å². The number of rotatable bonds is 2. The van der Waals surface area contributed by atoms with Gasteiger partial charge in [0.15, 0.2) is 11.5 Å². The molecule has 0 aromatic heterocycles. The van der Waals surface area contributed by atoms with Gasteiger partial charge in [-0.25, -0.2) is 0 Å². The minimum atomic E-state index is -1.06. The molecule has 1 saturated carbocycles. The Bertz CT molecular complexity index is 803. The van der Waals surface area contributed by atoms with Crippen molar-refractivity contribution in [3.63, 3.8) is 0 Å². The van der Waals surface area contributed by atoms with Gasteiger partial charge in [0.05, 0.1) is 5.41 Å². The Labute approximate surface area is 146 Å². The summed E-state index contributed by atoms with van der Waals surface area (Å²) < 4.78 is 6.09. The zero-order chi connectivity index (χ0) is 17.0. The van der Waals surface area contributed by atoms with Gasteiger partial charge in [0.25, 0.3) is 0 Å². The molecule has 0 radical (unpaired) electrons. The van der Waals surface area contributed by atoms with Crippen LogP contribution >= 0.6 is 0 Å². The molecule has 132 valence electrons. The normalized spacial score (nSPS) is 43.7. The number of hydrogen-bond donors (Lipinski definition) is 3. The first-order chi connectivity index (χ1) is 12.0. The van der Waals surface area contributed by atoms with Crippen LogP contribution < -0.4 is 4.74 Å². The molecule has 6 rings (SSSR count). The van der Waals surface area contributed by atoms with Crippen LogP contribution in [0.4, 0.5) is 0 Å². The van der Waals surface area contributed by atoms with E-state index in [2.05, 4.69) is 4.90 Å². The molecule has 25 heavy (non-hydrogen) atoms. The third-order valence-corrected chi connectivity index (χ3v) is 7.32. The number of aliphatic hydroxyl groups excluding tert-OH is 1. The highest BCUT2D eigenvalue weighted by Gasteiger charge is 2.71. The number of ether oxygens (including phenoxy) is 1. The lowest BCUT2D eigenvalue weighted by atomic mass is 9.50. The lowest BCUT2D eigenvalue weighted by Gasteiger charge is -2.61. The van der Waals surface area contributed by atoms with Gasteiger partial charge >= 0.3 is 0 Å². The van der Waals surface area contributed by atoms with Crippen molar-refractivity contribution in [1.82, 2.24) is 4.90 Å². The maximum atomic E-state index is 11.9. The molecular formula is C20H23NO4. The largest absolute Gasteiger partial charge is 0.504 e. The molecular weight excluding hydrogens is 318 g/mol. The summed E-state index contributed by atoms with van der Waals surface area (Å²) in [4.78, 5) is 2.45. The maximum Gasteiger partial charge on any atom is 0.165 e. The van der Waals surface area contributed by atoms with Crippen LogP contribution in [0.2, 0.25) is 0 Å². The molecule has 0 amide bonds. The number of hydrogen-bond acceptors (Lipinski definition) is 5. The minimum absolute atomic E-state index is 0.000284. The molecule has 1 aromatic carbocycles. The first-order valence-electron chi connectivity index (χ1n) is 9.40. The highest BCUT2D eigenvalue weighted by molar-refractivity contribution is 5.63. The van der Waals surface area contributed by atoms with Gasteiger partial charge in [-0.1, -0.05) is 18.2 Å². The van der Waals surface area contributed by atoms with Crippen molar-refractivity contribution in [3.8, 4) is 11.5 Å². The van der Waals surface area contributed by atoms with Gasteiger partial charge in [-0.05, 0) is 49.8 Å². The lowest BCUT2D eigenvalue weighted by Crippen LogP contribution is -2.75. The number of aliphatic hydroxyl groups is 2. The highest BCUT2D eigenvalue weighted by Crippen LogP contribution is 2.64. The molecule has 5 aliphatic rings. The van der Waals surface area contributed by atoms with Crippen molar-refractivity contribution in [3.05, 3.63) is 35.4 Å². The predicted octanol–water partition coefficient (Wildman–Crippen LogP) is 1.09. The van der Waals surface area contributed by atoms with Gasteiger partial charge in [0.2, 0.25) is 0 Å². The number of phenolic OH excluding ortho intramolecular Hbond substituents is 1. The van der Waals surface area contributed by atoms with Crippen LogP contribution in [0, 0.1) is 5.92 Å². The predicted molar refractivity (Wildman–Crippen MR) is 90.7 cm³/mol. The summed E-state index contributed by atoms with van der Waals surface area (Å²) in [5.74, 6) is 1.34. The first-order valence-corrected chi connectivity index (χ1v) is 9.40. The van der Waals surface area contributed by atoms with Crippen molar-refractivity contribution in [1.29, 1.82) is 0 Å². The molecule has 2 unspecified atom stereocenters. The van der Waals surface area contributed by atoms with Crippen LogP contribution in [0.25, 0.3) is 0 Å². The minimum Gasteiger partial charge on any atom is -0.504 e. The second kappa shape index (κ2) is 4.40. The molecule has 3 aliphatic carbocycles. The summed E-state index contributed by atoms with van der Waals surface area (Å²) in [5.41, 5.74) is 0.363. The third-order valence-electron chi connectivity index (χ3n) is 7.32. The van der Waals surface area contributed by atoms with E-state index in [1.54, 1.807) is 12.1 Å². The van der Waals surface area contributed by atoms with Gasteiger partial charge in [0.1, 0.15) is 17.8 Å². The maximum absolute atomic E-state index is 11.9. The van der Waals surface area contributed by atoms with E-state index in [9.17, 15) is 15.3 Å². The van der Waals surface area contributed by atoms with E-state index in [-0.39, 0.29) is 11.8 Å². The smallest absolute Gasteiger partial charge is 0.165 e. The quantitative estimate of drug-likeness (QED) is 0.703. The summed E-state index contributed by atoms with van der Waals surface area (Å²) in [5, 5.41) is 32.9. The third kappa shape index (κ3) is 1.56. The van der Waals surface area contributed by atoms with Crippen molar-refractivity contribution in [2.45, 2.75) is 54.9 Å². The number of aromatic hydroxyl groups is 1. The fourth-order valence-electron chi connectivity index (χ4n) is 6.02. The van der Waals surface area contributed by atoms with Crippen molar-refractivity contribution in [2.24, 2.45) is 5.92 Å². The lowest BCUT2D eigenvalue weighted by molar-refractivity contribution is -0.156. The van der Waals surface area contributed by atoms with Crippen LogP contribution in [0.3, 0.4) is 0 Å². The summed E-state index contributed by atoms with van der Waals surface area (Å²) >= 11 is 0. The average molecular weight is 341 g/mol. The van der Waals surface area contributed by atoms with Crippen molar-refractivity contribution >= 4 is 0 Å². The van der Waals surface area contributed by atoms with Crippen LogP contribution in [0.1, 0.15) is 30.4 Å². The van der Waals surface area contributed by atoms with Crippen molar-refractivity contribution < 1.29 is 20.1 Å². The Morgan fingerprint density at radius 1 is 1.28 bits per heavy atom. The molecule has 2 fully saturated rings. The van der Waals surface area contributed by atoms with Crippen molar-refractivity contribution in [2.75, 3.05) is 13.1 Å². The van der Waals surface area contributed by atoms with Gasteiger partial charge in [0, 0.05) is 18.2 Å². The molecule has 3 N–H and O–H groups in total. The SMILES string of the molecule is Oc1ccc2c3c1O[C@H]1[C@@H](O)C=C[C@@]4(O)C(C2)N(CC2CC2)CCC314. The molecule has 5 atom stereocenters. The summed E-state index contributed by atoms with van der Waals surface area (Å²) in [6.45, 7) is 1.95. The van der Waals surface area contributed by atoms with E-state index in [1.807, 2.05) is 12.1 Å². The molecule has 5 nitrogen and oxygen atoms in total.